The largest absolute Gasteiger partial charge is 0.340 e. The van der Waals surface area contributed by atoms with Crippen molar-refractivity contribution in [2.45, 2.75) is 36.8 Å². The fourth-order valence-corrected chi connectivity index (χ4v) is 4.75. The maximum absolute atomic E-state index is 12.2. The number of thioether (sulfide) groups is 2. The van der Waals surface area contributed by atoms with E-state index in [1.807, 2.05) is 23.5 Å². The molecule has 98 valence electrons. The van der Waals surface area contributed by atoms with Crippen molar-refractivity contribution in [2.75, 3.05) is 31.1 Å². The number of nitrogens with one attached hydrogen (secondary N) is 1. The Bertz CT molecular complexity index is 259. The van der Waals surface area contributed by atoms with Gasteiger partial charge in [-0.3, -0.25) is 4.79 Å². The molecule has 2 fully saturated rings. The number of amides is 1. The van der Waals surface area contributed by atoms with Crippen molar-refractivity contribution in [3.05, 3.63) is 0 Å². The average molecular weight is 274 g/mol. The van der Waals surface area contributed by atoms with Crippen LogP contribution in [0.25, 0.3) is 0 Å². The molecule has 1 N–H and O–H groups in total. The van der Waals surface area contributed by atoms with Crippen LogP contribution in [0.5, 0.6) is 0 Å². The molecule has 0 aromatic carbocycles. The number of rotatable bonds is 2. The zero-order chi connectivity index (χ0) is 12.3. The normalized spacial score (nSPS) is 34.7. The summed E-state index contributed by atoms with van der Waals surface area (Å²) in [6.07, 6.45) is 0.678. The molecule has 0 saturated carbocycles. The summed E-state index contributed by atoms with van der Waals surface area (Å²) in [6.45, 7) is 7.33. The summed E-state index contributed by atoms with van der Waals surface area (Å²) in [7, 11) is 0. The SMILES string of the molecule is CC1CN(C(=O)CC2CSCCN2)CC(C)S1. The van der Waals surface area contributed by atoms with Crippen molar-refractivity contribution >= 4 is 29.4 Å². The Morgan fingerprint density at radius 1 is 1.35 bits per heavy atom. The molecule has 0 spiro atoms. The van der Waals surface area contributed by atoms with Crippen LogP contribution in [0.1, 0.15) is 20.3 Å². The molecule has 0 bridgehead atoms. The van der Waals surface area contributed by atoms with Gasteiger partial charge in [0.15, 0.2) is 0 Å². The van der Waals surface area contributed by atoms with E-state index >= 15 is 0 Å². The van der Waals surface area contributed by atoms with Gasteiger partial charge in [0.25, 0.3) is 0 Å². The molecule has 2 aliphatic rings. The quantitative estimate of drug-likeness (QED) is 0.826. The van der Waals surface area contributed by atoms with Crippen LogP contribution < -0.4 is 5.32 Å². The lowest BCUT2D eigenvalue weighted by molar-refractivity contribution is -0.131. The Balaban J connectivity index is 1.81. The smallest absolute Gasteiger partial charge is 0.224 e. The third-order valence-corrected chi connectivity index (χ3v) is 5.55. The molecule has 0 aromatic rings. The fourth-order valence-electron chi connectivity index (χ4n) is 2.47. The van der Waals surface area contributed by atoms with Crippen LogP contribution in [-0.2, 0) is 4.79 Å². The maximum Gasteiger partial charge on any atom is 0.224 e. The van der Waals surface area contributed by atoms with Gasteiger partial charge in [0.2, 0.25) is 5.91 Å². The highest BCUT2D eigenvalue weighted by atomic mass is 32.2. The van der Waals surface area contributed by atoms with Crippen molar-refractivity contribution in [1.82, 2.24) is 10.2 Å². The zero-order valence-electron chi connectivity index (χ0n) is 10.6. The van der Waals surface area contributed by atoms with Crippen LogP contribution in [0.4, 0.5) is 0 Å². The summed E-state index contributed by atoms with van der Waals surface area (Å²) in [6, 6.07) is 0.390. The molecule has 2 aliphatic heterocycles. The lowest BCUT2D eigenvalue weighted by atomic mass is 10.2. The van der Waals surface area contributed by atoms with Crippen molar-refractivity contribution in [3.63, 3.8) is 0 Å². The summed E-state index contributed by atoms with van der Waals surface area (Å²) in [5, 5.41) is 4.60. The first-order chi connectivity index (χ1) is 8.15. The van der Waals surface area contributed by atoms with Gasteiger partial charge < -0.3 is 10.2 Å². The number of nitrogens with zero attached hydrogens (tertiary/aromatic N) is 1. The molecule has 1 amide bonds. The molecular formula is C12H22N2OS2. The Morgan fingerprint density at radius 3 is 2.65 bits per heavy atom. The first kappa shape index (κ1) is 13.6. The second-order valence-corrected chi connectivity index (χ2v) is 8.02. The highest BCUT2D eigenvalue weighted by Crippen LogP contribution is 2.25. The van der Waals surface area contributed by atoms with Crippen molar-refractivity contribution < 1.29 is 4.79 Å². The Morgan fingerprint density at radius 2 is 2.06 bits per heavy atom. The molecule has 2 heterocycles. The molecule has 17 heavy (non-hydrogen) atoms. The Labute approximate surface area is 112 Å². The molecule has 0 aromatic heterocycles. The summed E-state index contributed by atoms with van der Waals surface area (Å²) < 4.78 is 0. The van der Waals surface area contributed by atoms with Gasteiger partial charge in [0.05, 0.1) is 0 Å². The number of hydrogen-bond acceptors (Lipinski definition) is 4. The second-order valence-electron chi connectivity index (χ2n) is 4.99. The van der Waals surface area contributed by atoms with Gasteiger partial charge in [-0.15, -0.1) is 0 Å². The van der Waals surface area contributed by atoms with Gasteiger partial charge in [0, 0.05) is 54.1 Å². The van der Waals surface area contributed by atoms with Gasteiger partial charge in [-0.25, -0.2) is 0 Å². The number of hydrogen-bond donors (Lipinski definition) is 1. The summed E-state index contributed by atoms with van der Waals surface area (Å²) >= 11 is 3.95. The molecule has 3 unspecified atom stereocenters. The lowest BCUT2D eigenvalue weighted by Crippen LogP contribution is -2.47. The fraction of sp³-hybridized carbons (Fsp3) is 0.917. The minimum Gasteiger partial charge on any atom is -0.340 e. The number of carbonyl (C=O) groups excluding carboxylic acids is 1. The maximum atomic E-state index is 12.2. The monoisotopic (exact) mass is 274 g/mol. The van der Waals surface area contributed by atoms with E-state index in [0.29, 0.717) is 28.9 Å². The molecule has 0 aliphatic carbocycles. The van der Waals surface area contributed by atoms with E-state index in [9.17, 15) is 4.79 Å². The van der Waals surface area contributed by atoms with Crippen LogP contribution in [0.2, 0.25) is 0 Å². The minimum absolute atomic E-state index is 0.337. The van der Waals surface area contributed by atoms with Crippen LogP contribution >= 0.6 is 23.5 Å². The van der Waals surface area contributed by atoms with E-state index in [4.69, 9.17) is 0 Å². The Hall–Kier alpha value is 0.130. The van der Waals surface area contributed by atoms with Crippen LogP contribution in [0, 0.1) is 0 Å². The Kier molecular flexibility index (Phi) is 5.06. The summed E-state index contributed by atoms with van der Waals surface area (Å²) in [4.78, 5) is 14.3. The topological polar surface area (TPSA) is 32.3 Å². The van der Waals surface area contributed by atoms with E-state index in [2.05, 4.69) is 24.1 Å². The predicted molar refractivity (Wildman–Crippen MR) is 76.8 cm³/mol. The molecule has 2 saturated heterocycles. The first-order valence-corrected chi connectivity index (χ1v) is 8.49. The molecule has 3 atom stereocenters. The van der Waals surface area contributed by atoms with Crippen LogP contribution in [0.3, 0.4) is 0 Å². The van der Waals surface area contributed by atoms with Crippen molar-refractivity contribution in [1.29, 1.82) is 0 Å². The molecule has 0 radical (unpaired) electrons. The van der Waals surface area contributed by atoms with E-state index < -0.39 is 0 Å². The highest BCUT2D eigenvalue weighted by Gasteiger charge is 2.27. The van der Waals surface area contributed by atoms with E-state index in [0.717, 1.165) is 25.4 Å². The van der Waals surface area contributed by atoms with Gasteiger partial charge in [-0.1, -0.05) is 13.8 Å². The van der Waals surface area contributed by atoms with Crippen LogP contribution in [0.15, 0.2) is 0 Å². The van der Waals surface area contributed by atoms with E-state index in [-0.39, 0.29) is 0 Å². The minimum atomic E-state index is 0.337. The first-order valence-electron chi connectivity index (χ1n) is 6.39. The lowest BCUT2D eigenvalue weighted by Gasteiger charge is -2.35. The predicted octanol–water partition coefficient (Wildman–Crippen LogP) is 1.43. The van der Waals surface area contributed by atoms with Gasteiger partial charge in [-0.05, 0) is 0 Å². The van der Waals surface area contributed by atoms with Gasteiger partial charge >= 0.3 is 0 Å². The summed E-state index contributed by atoms with van der Waals surface area (Å²) in [5.41, 5.74) is 0. The summed E-state index contributed by atoms with van der Waals surface area (Å²) in [5.74, 6) is 2.60. The third-order valence-electron chi connectivity index (χ3n) is 3.19. The van der Waals surface area contributed by atoms with E-state index in [1.165, 1.54) is 5.75 Å². The van der Waals surface area contributed by atoms with Gasteiger partial charge in [0.1, 0.15) is 0 Å². The molecular weight excluding hydrogens is 252 g/mol. The van der Waals surface area contributed by atoms with Crippen molar-refractivity contribution in [3.8, 4) is 0 Å². The third kappa shape index (κ3) is 4.07. The molecule has 3 nitrogen and oxygen atoms in total. The number of carbonyl (C=O) groups is 1. The highest BCUT2D eigenvalue weighted by molar-refractivity contribution is 8.00. The van der Waals surface area contributed by atoms with Crippen LogP contribution in [-0.4, -0.2) is 58.5 Å². The van der Waals surface area contributed by atoms with E-state index in [1.54, 1.807) is 0 Å². The zero-order valence-corrected chi connectivity index (χ0v) is 12.3. The molecule has 5 heteroatoms. The average Bonchev–Trinajstić information content (AvgIpc) is 2.29. The van der Waals surface area contributed by atoms with Crippen molar-refractivity contribution in [2.24, 2.45) is 0 Å². The molecule has 2 rings (SSSR count). The second kappa shape index (κ2) is 6.34. The van der Waals surface area contributed by atoms with Gasteiger partial charge in [-0.2, -0.15) is 23.5 Å². The standard InChI is InChI=1S/C12H22N2OS2/c1-9-6-14(7-10(2)17-9)12(15)5-11-8-16-4-3-13-11/h9-11,13H,3-8H2,1-2H3.